The Bertz CT molecular complexity index is 1050. The molecule has 3 aromatic heterocycles. The Hall–Kier alpha value is -3.33. The third kappa shape index (κ3) is 3.56. The third-order valence-electron chi connectivity index (χ3n) is 4.91. The van der Waals surface area contributed by atoms with Gasteiger partial charge in [0.1, 0.15) is 12.1 Å². The van der Waals surface area contributed by atoms with Crippen molar-refractivity contribution in [2.45, 2.75) is 13.0 Å². The predicted octanol–water partition coefficient (Wildman–Crippen LogP) is 1.42. The van der Waals surface area contributed by atoms with Gasteiger partial charge in [0, 0.05) is 26.2 Å². The third-order valence-corrected chi connectivity index (χ3v) is 4.91. The van der Waals surface area contributed by atoms with E-state index in [1.807, 2.05) is 30.3 Å². The van der Waals surface area contributed by atoms with E-state index in [0.29, 0.717) is 24.7 Å². The van der Waals surface area contributed by atoms with Crippen LogP contribution in [0.4, 0.5) is 5.82 Å². The van der Waals surface area contributed by atoms with E-state index in [-0.39, 0.29) is 0 Å². The Morgan fingerprint density at radius 1 is 0.857 bits per heavy atom. The van der Waals surface area contributed by atoms with Crippen molar-refractivity contribution in [3.05, 3.63) is 66.1 Å². The highest BCUT2D eigenvalue weighted by molar-refractivity contribution is 5.45. The van der Waals surface area contributed by atoms with Crippen LogP contribution in [-0.2, 0) is 13.0 Å². The molecule has 142 valence electrons. The standard InChI is InChI=1S/C19H20N8O/c1-2-4-15(5-3-1)12-18-22-23-19(28-18)13-25-8-10-26(11-9-25)17-7-6-16-21-20-14-27(16)24-17/h1-7,14H,8-13H2. The molecule has 28 heavy (non-hydrogen) atoms. The number of benzene rings is 1. The Labute approximate surface area is 161 Å². The maximum atomic E-state index is 5.83. The summed E-state index contributed by atoms with van der Waals surface area (Å²) < 4.78 is 7.54. The Morgan fingerprint density at radius 2 is 1.68 bits per heavy atom. The van der Waals surface area contributed by atoms with E-state index in [1.165, 1.54) is 5.56 Å². The van der Waals surface area contributed by atoms with Crippen molar-refractivity contribution in [3.63, 3.8) is 0 Å². The molecule has 1 aliphatic rings. The molecule has 0 radical (unpaired) electrons. The molecular weight excluding hydrogens is 356 g/mol. The lowest BCUT2D eigenvalue weighted by atomic mass is 10.2. The SMILES string of the molecule is c1ccc(Cc2nnc(CN3CCN(c4ccc5nncn5n4)CC3)o2)cc1. The zero-order valence-electron chi connectivity index (χ0n) is 15.3. The van der Waals surface area contributed by atoms with Crippen molar-refractivity contribution in [3.8, 4) is 0 Å². The van der Waals surface area contributed by atoms with Crippen LogP contribution in [0.3, 0.4) is 0 Å². The summed E-state index contributed by atoms with van der Waals surface area (Å²) in [7, 11) is 0. The molecule has 1 aliphatic heterocycles. The van der Waals surface area contributed by atoms with E-state index in [2.05, 4.69) is 47.4 Å². The number of anilines is 1. The summed E-state index contributed by atoms with van der Waals surface area (Å²) in [4.78, 5) is 4.60. The average Bonchev–Trinajstić information content (AvgIpc) is 3.38. The molecule has 4 heterocycles. The molecule has 5 rings (SSSR count). The summed E-state index contributed by atoms with van der Waals surface area (Å²) in [6.45, 7) is 4.29. The summed E-state index contributed by atoms with van der Waals surface area (Å²) in [5.41, 5.74) is 1.92. The van der Waals surface area contributed by atoms with Gasteiger partial charge < -0.3 is 9.32 Å². The molecule has 0 saturated carbocycles. The van der Waals surface area contributed by atoms with Crippen molar-refractivity contribution in [2.24, 2.45) is 0 Å². The molecule has 0 unspecified atom stereocenters. The summed E-state index contributed by atoms with van der Waals surface area (Å²) in [5.74, 6) is 2.27. The maximum absolute atomic E-state index is 5.83. The number of fused-ring (bicyclic) bond motifs is 1. The van der Waals surface area contributed by atoms with Crippen molar-refractivity contribution in [1.29, 1.82) is 0 Å². The van der Waals surface area contributed by atoms with Gasteiger partial charge in [0.25, 0.3) is 0 Å². The number of piperazine rings is 1. The summed E-state index contributed by atoms with van der Waals surface area (Å²) in [6.07, 6.45) is 2.29. The second-order valence-corrected chi connectivity index (χ2v) is 6.84. The van der Waals surface area contributed by atoms with Gasteiger partial charge in [-0.25, -0.2) is 0 Å². The largest absolute Gasteiger partial charge is 0.424 e. The highest BCUT2D eigenvalue weighted by Crippen LogP contribution is 2.16. The lowest BCUT2D eigenvalue weighted by Gasteiger charge is -2.34. The number of hydrogen-bond donors (Lipinski definition) is 0. The zero-order chi connectivity index (χ0) is 18.8. The van der Waals surface area contributed by atoms with Gasteiger partial charge in [-0.2, -0.15) is 4.52 Å². The van der Waals surface area contributed by atoms with Crippen LogP contribution in [0.25, 0.3) is 5.65 Å². The zero-order valence-corrected chi connectivity index (χ0v) is 15.3. The minimum atomic E-state index is 0.659. The Morgan fingerprint density at radius 3 is 2.54 bits per heavy atom. The molecule has 0 bridgehead atoms. The molecule has 0 atom stereocenters. The monoisotopic (exact) mass is 376 g/mol. The lowest BCUT2D eigenvalue weighted by molar-refractivity contribution is 0.224. The van der Waals surface area contributed by atoms with Crippen LogP contribution in [0.2, 0.25) is 0 Å². The van der Waals surface area contributed by atoms with Crippen LogP contribution in [0.5, 0.6) is 0 Å². The molecule has 9 heteroatoms. The summed E-state index contributed by atoms with van der Waals surface area (Å²) in [6, 6.07) is 14.1. The topological polar surface area (TPSA) is 88.5 Å². The van der Waals surface area contributed by atoms with Gasteiger partial charge in [-0.05, 0) is 17.7 Å². The van der Waals surface area contributed by atoms with Crippen LogP contribution in [0, 0.1) is 0 Å². The second-order valence-electron chi connectivity index (χ2n) is 6.84. The van der Waals surface area contributed by atoms with E-state index >= 15 is 0 Å². The van der Waals surface area contributed by atoms with E-state index in [9.17, 15) is 0 Å². The van der Waals surface area contributed by atoms with E-state index < -0.39 is 0 Å². The minimum absolute atomic E-state index is 0.659. The highest BCUT2D eigenvalue weighted by atomic mass is 16.4. The van der Waals surface area contributed by atoms with Gasteiger partial charge in [0.15, 0.2) is 5.65 Å². The van der Waals surface area contributed by atoms with Gasteiger partial charge in [0.05, 0.1) is 13.0 Å². The average molecular weight is 376 g/mol. The van der Waals surface area contributed by atoms with Crippen molar-refractivity contribution >= 4 is 11.5 Å². The Kier molecular flexibility index (Phi) is 4.42. The molecule has 0 N–H and O–H groups in total. The highest BCUT2D eigenvalue weighted by Gasteiger charge is 2.20. The molecule has 0 spiro atoms. The first-order valence-corrected chi connectivity index (χ1v) is 9.33. The van der Waals surface area contributed by atoms with E-state index in [0.717, 1.165) is 37.6 Å². The second kappa shape index (κ2) is 7.35. The van der Waals surface area contributed by atoms with Crippen LogP contribution in [-0.4, -0.2) is 61.1 Å². The fourth-order valence-electron chi connectivity index (χ4n) is 3.41. The quantitative estimate of drug-likeness (QED) is 0.517. The van der Waals surface area contributed by atoms with Crippen molar-refractivity contribution in [1.82, 2.24) is 34.9 Å². The van der Waals surface area contributed by atoms with Crippen molar-refractivity contribution in [2.75, 3.05) is 31.1 Å². The number of aromatic nitrogens is 6. The molecule has 4 aromatic rings. The number of nitrogens with zero attached hydrogens (tertiary/aromatic N) is 8. The molecule has 0 amide bonds. The van der Waals surface area contributed by atoms with Gasteiger partial charge in [0.2, 0.25) is 11.8 Å². The van der Waals surface area contributed by atoms with Crippen LogP contribution < -0.4 is 4.90 Å². The fraction of sp³-hybridized carbons (Fsp3) is 0.316. The maximum Gasteiger partial charge on any atom is 0.230 e. The molecule has 0 aliphatic carbocycles. The predicted molar refractivity (Wildman–Crippen MR) is 102 cm³/mol. The smallest absolute Gasteiger partial charge is 0.230 e. The van der Waals surface area contributed by atoms with Crippen LogP contribution in [0.1, 0.15) is 17.3 Å². The van der Waals surface area contributed by atoms with Gasteiger partial charge in [-0.3, -0.25) is 4.90 Å². The van der Waals surface area contributed by atoms with Gasteiger partial charge in [-0.15, -0.1) is 25.5 Å². The molecule has 1 aromatic carbocycles. The Balaban J connectivity index is 1.17. The first kappa shape index (κ1) is 16.8. The van der Waals surface area contributed by atoms with Gasteiger partial charge >= 0.3 is 0 Å². The van der Waals surface area contributed by atoms with Crippen LogP contribution >= 0.6 is 0 Å². The van der Waals surface area contributed by atoms with Gasteiger partial charge in [-0.1, -0.05) is 30.3 Å². The minimum Gasteiger partial charge on any atom is -0.424 e. The van der Waals surface area contributed by atoms with Crippen LogP contribution in [0.15, 0.2) is 53.2 Å². The number of hydrogen-bond acceptors (Lipinski definition) is 8. The summed E-state index contributed by atoms with van der Waals surface area (Å²) in [5, 5.41) is 20.8. The van der Waals surface area contributed by atoms with E-state index in [1.54, 1.807) is 10.8 Å². The fourth-order valence-corrected chi connectivity index (χ4v) is 3.41. The molecule has 1 saturated heterocycles. The van der Waals surface area contributed by atoms with E-state index in [4.69, 9.17) is 4.42 Å². The first-order valence-electron chi connectivity index (χ1n) is 9.33. The molecular formula is C19H20N8O. The molecule has 1 fully saturated rings. The summed E-state index contributed by atoms with van der Waals surface area (Å²) >= 11 is 0. The molecule has 9 nitrogen and oxygen atoms in total. The number of rotatable bonds is 5. The van der Waals surface area contributed by atoms with Crippen molar-refractivity contribution < 1.29 is 4.42 Å². The normalized spacial score (nSPS) is 15.4. The first-order chi connectivity index (χ1) is 13.8. The lowest BCUT2D eigenvalue weighted by Crippen LogP contribution is -2.46.